The normalized spacial score (nSPS) is 11.0. The lowest BCUT2D eigenvalue weighted by Gasteiger charge is -2.09. The molecule has 8 nitrogen and oxygen atoms in total. The summed E-state index contributed by atoms with van der Waals surface area (Å²) in [6.45, 7) is 0. The molecule has 0 unspecified atom stereocenters. The third-order valence-electron chi connectivity index (χ3n) is 4.62. The highest BCUT2D eigenvalue weighted by Crippen LogP contribution is 2.25. The molecule has 0 aliphatic carbocycles. The van der Waals surface area contributed by atoms with Gasteiger partial charge in [-0.3, -0.25) is 14.9 Å². The number of nitrogens with zero attached hydrogens (tertiary/aromatic N) is 3. The molecule has 1 heterocycles. The number of amides is 1. The predicted octanol–water partition coefficient (Wildman–Crippen LogP) is 4.28. The number of pyridine rings is 1. The van der Waals surface area contributed by atoms with Crippen LogP contribution in [0, 0.1) is 10.1 Å². The first-order chi connectivity index (χ1) is 15.0. The van der Waals surface area contributed by atoms with Gasteiger partial charge in [-0.25, -0.2) is 10.4 Å². The lowest BCUT2D eigenvalue weighted by molar-refractivity contribution is -0.384. The van der Waals surface area contributed by atoms with Gasteiger partial charge >= 0.3 is 0 Å². The molecular formula is C23H16N4O4. The van der Waals surface area contributed by atoms with Gasteiger partial charge in [0.15, 0.2) is 0 Å². The zero-order valence-electron chi connectivity index (χ0n) is 16.1. The van der Waals surface area contributed by atoms with Crippen molar-refractivity contribution in [2.75, 3.05) is 0 Å². The number of nitro benzene ring substituents is 1. The largest absolute Gasteiger partial charge is 0.507 e. The van der Waals surface area contributed by atoms with Gasteiger partial charge in [-0.2, -0.15) is 5.10 Å². The highest BCUT2D eigenvalue weighted by atomic mass is 16.6. The summed E-state index contributed by atoms with van der Waals surface area (Å²) in [7, 11) is 0. The molecule has 0 bridgehead atoms. The van der Waals surface area contributed by atoms with Crippen LogP contribution in [0.4, 0.5) is 5.69 Å². The fourth-order valence-corrected chi connectivity index (χ4v) is 3.10. The molecule has 2 N–H and O–H groups in total. The first-order valence-electron chi connectivity index (χ1n) is 9.29. The first kappa shape index (κ1) is 19.7. The molecule has 8 heteroatoms. The summed E-state index contributed by atoms with van der Waals surface area (Å²) in [4.78, 5) is 27.8. The van der Waals surface area contributed by atoms with Gasteiger partial charge in [-0.1, -0.05) is 48.5 Å². The number of nitro groups is 1. The minimum Gasteiger partial charge on any atom is -0.507 e. The van der Waals surface area contributed by atoms with Crippen molar-refractivity contribution in [3.8, 4) is 17.0 Å². The van der Waals surface area contributed by atoms with Crippen molar-refractivity contribution < 1.29 is 14.8 Å². The maximum absolute atomic E-state index is 12.9. The predicted molar refractivity (Wildman–Crippen MR) is 117 cm³/mol. The Bertz CT molecular complexity index is 1320. The second-order valence-electron chi connectivity index (χ2n) is 6.64. The highest BCUT2D eigenvalue weighted by Gasteiger charge is 2.14. The number of hydrogen-bond donors (Lipinski definition) is 2. The van der Waals surface area contributed by atoms with Gasteiger partial charge in [0.1, 0.15) is 5.75 Å². The summed E-state index contributed by atoms with van der Waals surface area (Å²) >= 11 is 0. The molecule has 0 saturated heterocycles. The lowest BCUT2D eigenvalue weighted by atomic mass is 10.0. The second-order valence-corrected chi connectivity index (χ2v) is 6.64. The molecule has 0 spiro atoms. The molecule has 0 aliphatic rings. The molecule has 4 aromatic rings. The van der Waals surface area contributed by atoms with Crippen molar-refractivity contribution in [2.24, 2.45) is 5.10 Å². The van der Waals surface area contributed by atoms with Crippen molar-refractivity contribution in [1.29, 1.82) is 0 Å². The molecule has 4 rings (SSSR count). The number of aromatic nitrogens is 1. The van der Waals surface area contributed by atoms with Gasteiger partial charge in [-0.05, 0) is 18.2 Å². The molecule has 0 atom stereocenters. The smallest absolute Gasteiger partial charge is 0.272 e. The molecule has 0 radical (unpaired) electrons. The zero-order chi connectivity index (χ0) is 21.8. The zero-order valence-corrected chi connectivity index (χ0v) is 16.1. The third kappa shape index (κ3) is 4.23. The number of phenolic OH excluding ortho intramolecular Hbond substituents is 1. The molecule has 1 amide bonds. The molecule has 0 fully saturated rings. The third-order valence-corrected chi connectivity index (χ3v) is 4.62. The fourth-order valence-electron chi connectivity index (χ4n) is 3.10. The van der Waals surface area contributed by atoms with Crippen LogP contribution in [0.25, 0.3) is 22.2 Å². The number of nitrogens with one attached hydrogen (secondary N) is 1. The van der Waals surface area contributed by atoms with E-state index in [1.807, 2.05) is 48.5 Å². The number of hydrazone groups is 1. The van der Waals surface area contributed by atoms with Crippen LogP contribution in [-0.2, 0) is 0 Å². The van der Waals surface area contributed by atoms with Crippen molar-refractivity contribution in [2.45, 2.75) is 0 Å². The fraction of sp³-hybridized carbons (Fsp3) is 0. The number of aromatic hydroxyl groups is 1. The van der Waals surface area contributed by atoms with Crippen LogP contribution in [0.15, 0.2) is 84.0 Å². The van der Waals surface area contributed by atoms with Crippen LogP contribution < -0.4 is 5.43 Å². The van der Waals surface area contributed by atoms with E-state index in [2.05, 4.69) is 15.5 Å². The number of rotatable bonds is 5. The van der Waals surface area contributed by atoms with Crippen LogP contribution in [0.5, 0.6) is 5.75 Å². The maximum atomic E-state index is 12.9. The van der Waals surface area contributed by atoms with E-state index >= 15 is 0 Å². The van der Waals surface area contributed by atoms with Crippen LogP contribution in [0.2, 0.25) is 0 Å². The van der Waals surface area contributed by atoms with Crippen molar-refractivity contribution in [3.63, 3.8) is 0 Å². The molecule has 1 aromatic heterocycles. The minimum absolute atomic E-state index is 0.110. The Kier molecular flexibility index (Phi) is 5.35. The average molecular weight is 412 g/mol. The molecule has 31 heavy (non-hydrogen) atoms. The van der Waals surface area contributed by atoms with E-state index in [0.29, 0.717) is 22.2 Å². The number of fused-ring (bicyclic) bond motifs is 1. The van der Waals surface area contributed by atoms with Crippen molar-refractivity contribution in [1.82, 2.24) is 10.4 Å². The van der Waals surface area contributed by atoms with Crippen LogP contribution in [-0.4, -0.2) is 27.1 Å². The number of carbonyl (C=O) groups excluding carboxylic acids is 1. The van der Waals surface area contributed by atoms with Crippen LogP contribution in [0.1, 0.15) is 15.9 Å². The topological polar surface area (TPSA) is 118 Å². The van der Waals surface area contributed by atoms with E-state index in [4.69, 9.17) is 0 Å². The minimum atomic E-state index is -0.580. The van der Waals surface area contributed by atoms with Gasteiger partial charge < -0.3 is 5.11 Å². The van der Waals surface area contributed by atoms with Gasteiger partial charge in [0, 0.05) is 28.6 Å². The van der Waals surface area contributed by atoms with Gasteiger partial charge in [0.25, 0.3) is 11.6 Å². The second kappa shape index (κ2) is 8.42. The van der Waals surface area contributed by atoms with Crippen LogP contribution in [0.3, 0.4) is 0 Å². The summed E-state index contributed by atoms with van der Waals surface area (Å²) in [6.07, 6.45) is 1.15. The number of benzene rings is 3. The summed E-state index contributed by atoms with van der Waals surface area (Å²) in [5.74, 6) is -0.665. The quantitative estimate of drug-likeness (QED) is 0.288. The lowest BCUT2D eigenvalue weighted by Crippen LogP contribution is -2.18. The van der Waals surface area contributed by atoms with Gasteiger partial charge in [0.05, 0.1) is 27.9 Å². The number of para-hydroxylation sites is 1. The Balaban J connectivity index is 1.66. The maximum Gasteiger partial charge on any atom is 0.272 e. The Labute approximate surface area is 176 Å². The molecule has 0 saturated carbocycles. The summed E-state index contributed by atoms with van der Waals surface area (Å²) in [6, 6.07) is 22.0. The van der Waals surface area contributed by atoms with E-state index in [-0.39, 0.29) is 17.0 Å². The summed E-state index contributed by atoms with van der Waals surface area (Å²) in [5.41, 5.74) is 4.88. The summed E-state index contributed by atoms with van der Waals surface area (Å²) < 4.78 is 0. The highest BCUT2D eigenvalue weighted by molar-refractivity contribution is 6.07. The molecule has 3 aromatic carbocycles. The summed E-state index contributed by atoms with van der Waals surface area (Å²) in [5, 5.41) is 25.3. The van der Waals surface area contributed by atoms with E-state index in [1.54, 1.807) is 12.1 Å². The van der Waals surface area contributed by atoms with Crippen molar-refractivity contribution >= 4 is 28.7 Å². The number of phenols is 1. The van der Waals surface area contributed by atoms with E-state index < -0.39 is 10.8 Å². The first-order valence-corrected chi connectivity index (χ1v) is 9.29. The Morgan fingerprint density at radius 1 is 1.03 bits per heavy atom. The average Bonchev–Trinajstić information content (AvgIpc) is 2.79. The van der Waals surface area contributed by atoms with E-state index in [0.717, 1.165) is 11.8 Å². The van der Waals surface area contributed by atoms with E-state index in [9.17, 15) is 20.0 Å². The standard InChI is InChI=1S/C23H16N4O4/c28-22-11-10-17(27(30)31)12-16(22)14-24-26-23(29)19-13-21(15-6-2-1-3-7-15)25-20-9-5-4-8-18(19)20/h1-14,28H,(H,26,29)/b24-14+. The van der Waals surface area contributed by atoms with Crippen LogP contribution >= 0.6 is 0 Å². The van der Waals surface area contributed by atoms with Gasteiger partial charge in [0.2, 0.25) is 0 Å². The molecule has 152 valence electrons. The Morgan fingerprint density at radius 2 is 1.77 bits per heavy atom. The molecule has 0 aliphatic heterocycles. The monoisotopic (exact) mass is 412 g/mol. The number of hydrogen-bond acceptors (Lipinski definition) is 6. The number of carbonyl (C=O) groups is 1. The van der Waals surface area contributed by atoms with E-state index in [1.165, 1.54) is 18.2 Å². The number of non-ortho nitro benzene ring substituents is 1. The van der Waals surface area contributed by atoms with Crippen molar-refractivity contribution in [3.05, 3.63) is 100 Å². The SMILES string of the molecule is O=C(N/N=C/c1cc([N+](=O)[O-])ccc1O)c1cc(-c2ccccc2)nc2ccccc12. The van der Waals surface area contributed by atoms with Gasteiger partial charge in [-0.15, -0.1) is 0 Å². The molecular weight excluding hydrogens is 396 g/mol. The Hall–Kier alpha value is -4.59. The Morgan fingerprint density at radius 3 is 2.55 bits per heavy atom.